The Morgan fingerprint density at radius 1 is 1.24 bits per heavy atom. The Kier molecular flexibility index (Phi) is 4.95. The molecule has 2 N–H and O–H groups in total. The lowest BCUT2D eigenvalue weighted by atomic mass is 9.97. The quantitative estimate of drug-likeness (QED) is 0.830. The molecular weight excluding hydrogens is 365 g/mol. The molecule has 8 heteroatoms. The second-order valence-corrected chi connectivity index (χ2v) is 6.70. The molecule has 0 spiro atoms. The molecule has 2 aliphatic rings. The van der Waals surface area contributed by atoms with Crippen LogP contribution in [0.1, 0.15) is 22.3 Å². The summed E-state index contributed by atoms with van der Waals surface area (Å²) in [4.78, 5) is 26.3. The number of benzene rings is 1. The van der Waals surface area contributed by atoms with E-state index in [0.717, 1.165) is 55.8 Å². The topological polar surface area (TPSA) is 74.6 Å². The molecular formula is C17H19Cl2N3O3. The van der Waals surface area contributed by atoms with Gasteiger partial charge in [0.15, 0.2) is 0 Å². The largest absolute Gasteiger partial charge is 0.477 e. The average molecular weight is 384 g/mol. The number of carboxylic acids is 1. The minimum absolute atomic E-state index is 0. The monoisotopic (exact) mass is 383 g/mol. The van der Waals surface area contributed by atoms with Crippen LogP contribution in [0.5, 0.6) is 0 Å². The number of carbonyl (C=O) groups is 1. The molecule has 6 nitrogen and oxygen atoms in total. The number of aryl methyl sites for hydroxylation is 2. The molecule has 2 aliphatic heterocycles. The lowest BCUT2D eigenvalue weighted by Crippen LogP contribution is -2.44. The summed E-state index contributed by atoms with van der Waals surface area (Å²) in [6.07, 6.45) is 3.26. The van der Waals surface area contributed by atoms with Crippen LogP contribution in [0.3, 0.4) is 0 Å². The molecule has 1 aromatic carbocycles. The molecule has 1 saturated heterocycles. The fourth-order valence-corrected chi connectivity index (χ4v) is 4.08. The highest BCUT2D eigenvalue weighted by Gasteiger charge is 2.25. The summed E-state index contributed by atoms with van der Waals surface area (Å²) in [6, 6.07) is 1.84. The normalized spacial score (nSPS) is 16.6. The van der Waals surface area contributed by atoms with Crippen LogP contribution in [-0.2, 0) is 13.0 Å². The van der Waals surface area contributed by atoms with Crippen LogP contribution < -0.4 is 15.6 Å². The third kappa shape index (κ3) is 2.88. The number of rotatable bonds is 2. The number of aromatic carboxylic acids is 1. The third-order valence-corrected chi connectivity index (χ3v) is 5.19. The number of hydrogen-bond acceptors (Lipinski definition) is 4. The lowest BCUT2D eigenvalue weighted by Gasteiger charge is -2.33. The minimum atomic E-state index is -1.21. The van der Waals surface area contributed by atoms with Crippen LogP contribution in [0.15, 0.2) is 17.1 Å². The van der Waals surface area contributed by atoms with Gasteiger partial charge in [0.1, 0.15) is 5.56 Å². The van der Waals surface area contributed by atoms with E-state index in [1.807, 2.05) is 10.6 Å². The van der Waals surface area contributed by atoms with E-state index in [1.54, 1.807) is 0 Å². The van der Waals surface area contributed by atoms with Gasteiger partial charge in [-0.25, -0.2) is 4.79 Å². The molecule has 4 rings (SSSR count). The summed E-state index contributed by atoms with van der Waals surface area (Å²) in [5.74, 6) is -1.21. The number of halogens is 2. The van der Waals surface area contributed by atoms with Crippen LogP contribution in [0.2, 0.25) is 5.02 Å². The first-order valence-corrected chi connectivity index (χ1v) is 8.53. The van der Waals surface area contributed by atoms with E-state index in [2.05, 4.69) is 10.2 Å². The number of aromatic nitrogens is 1. The van der Waals surface area contributed by atoms with Gasteiger partial charge in [0.05, 0.1) is 15.9 Å². The number of nitrogens with zero attached hydrogens (tertiary/aromatic N) is 2. The Labute approximate surface area is 155 Å². The standard InChI is InChI=1S/C17H18ClN3O3.ClH/c18-12-8-13(20-6-3-19-4-7-20)10-2-1-5-21-9-11(17(23)24)16(22)14(12)15(10)21;/h8-9,19H,1-7H2,(H,23,24);1H. The van der Waals surface area contributed by atoms with Gasteiger partial charge in [-0.05, 0) is 18.9 Å². The average Bonchev–Trinajstić information content (AvgIpc) is 2.59. The Balaban J connectivity index is 0.00000182. The molecule has 0 aliphatic carbocycles. The molecule has 25 heavy (non-hydrogen) atoms. The van der Waals surface area contributed by atoms with Crippen LogP contribution in [0, 0.1) is 0 Å². The Hall–Kier alpha value is -1.76. The van der Waals surface area contributed by atoms with Crippen LogP contribution in [-0.4, -0.2) is 41.8 Å². The van der Waals surface area contributed by atoms with Gasteiger partial charge in [0.25, 0.3) is 0 Å². The van der Waals surface area contributed by atoms with Crippen LogP contribution >= 0.6 is 24.0 Å². The van der Waals surface area contributed by atoms with Crippen molar-refractivity contribution in [2.45, 2.75) is 19.4 Å². The molecule has 0 unspecified atom stereocenters. The molecule has 0 radical (unpaired) electrons. The number of carboxylic acid groups (broad SMARTS) is 1. The second-order valence-electron chi connectivity index (χ2n) is 6.29. The fourth-order valence-electron chi connectivity index (χ4n) is 3.80. The predicted molar refractivity (Wildman–Crippen MR) is 101 cm³/mol. The first-order chi connectivity index (χ1) is 11.6. The highest BCUT2D eigenvalue weighted by atomic mass is 35.5. The fraction of sp³-hybridized carbons (Fsp3) is 0.412. The van der Waals surface area contributed by atoms with Gasteiger partial charge in [0, 0.05) is 50.2 Å². The molecule has 0 bridgehead atoms. The summed E-state index contributed by atoms with van der Waals surface area (Å²) in [5.41, 5.74) is 2.28. The number of nitrogens with one attached hydrogen (secondary N) is 1. The maximum Gasteiger partial charge on any atom is 0.341 e. The smallest absolute Gasteiger partial charge is 0.341 e. The number of pyridine rings is 1. The molecule has 0 amide bonds. The molecule has 1 fully saturated rings. The van der Waals surface area contributed by atoms with Crippen molar-refractivity contribution in [3.63, 3.8) is 0 Å². The predicted octanol–water partition coefficient (Wildman–Crippen LogP) is 2.13. The third-order valence-electron chi connectivity index (χ3n) is 4.89. The van der Waals surface area contributed by atoms with Gasteiger partial charge in [-0.1, -0.05) is 11.6 Å². The Morgan fingerprint density at radius 3 is 2.64 bits per heavy atom. The summed E-state index contributed by atoms with van der Waals surface area (Å²) < 4.78 is 1.89. The van der Waals surface area contributed by atoms with E-state index in [4.69, 9.17) is 11.6 Å². The van der Waals surface area contributed by atoms with Crippen molar-refractivity contribution in [3.05, 3.63) is 38.6 Å². The zero-order valence-corrected chi connectivity index (χ0v) is 15.1. The van der Waals surface area contributed by atoms with Gasteiger partial charge in [-0.3, -0.25) is 4.79 Å². The maximum absolute atomic E-state index is 12.6. The minimum Gasteiger partial charge on any atom is -0.477 e. The van der Waals surface area contributed by atoms with Crippen LogP contribution in [0.4, 0.5) is 5.69 Å². The van der Waals surface area contributed by atoms with Crippen molar-refractivity contribution in [1.82, 2.24) is 9.88 Å². The molecule has 3 heterocycles. The summed E-state index contributed by atoms with van der Waals surface area (Å²) >= 11 is 6.44. The summed E-state index contributed by atoms with van der Waals surface area (Å²) in [6.45, 7) is 4.32. The van der Waals surface area contributed by atoms with Crippen molar-refractivity contribution < 1.29 is 9.90 Å². The van der Waals surface area contributed by atoms with E-state index in [-0.39, 0.29) is 18.0 Å². The molecule has 0 saturated carbocycles. The molecule has 134 valence electrons. The highest BCUT2D eigenvalue weighted by molar-refractivity contribution is 6.36. The van der Waals surface area contributed by atoms with E-state index in [1.165, 1.54) is 6.20 Å². The van der Waals surface area contributed by atoms with E-state index in [0.29, 0.717) is 17.0 Å². The van der Waals surface area contributed by atoms with Gasteiger partial charge >= 0.3 is 5.97 Å². The number of piperazine rings is 1. The van der Waals surface area contributed by atoms with Gasteiger partial charge < -0.3 is 19.9 Å². The number of hydrogen-bond donors (Lipinski definition) is 2. The van der Waals surface area contributed by atoms with Gasteiger partial charge in [0.2, 0.25) is 5.43 Å². The summed E-state index contributed by atoms with van der Waals surface area (Å²) in [7, 11) is 0. The zero-order chi connectivity index (χ0) is 16.8. The first-order valence-electron chi connectivity index (χ1n) is 8.15. The Morgan fingerprint density at radius 2 is 1.96 bits per heavy atom. The van der Waals surface area contributed by atoms with Gasteiger partial charge in [-0.2, -0.15) is 0 Å². The van der Waals surface area contributed by atoms with E-state index >= 15 is 0 Å². The van der Waals surface area contributed by atoms with Crippen molar-refractivity contribution in [2.75, 3.05) is 31.1 Å². The van der Waals surface area contributed by atoms with E-state index < -0.39 is 11.4 Å². The molecule has 0 atom stereocenters. The molecule has 2 aromatic rings. The molecule has 1 aromatic heterocycles. The Bertz CT molecular complexity index is 904. The number of anilines is 1. The maximum atomic E-state index is 12.6. The van der Waals surface area contributed by atoms with Crippen molar-refractivity contribution in [2.24, 2.45) is 0 Å². The second kappa shape index (κ2) is 6.86. The van der Waals surface area contributed by atoms with Crippen molar-refractivity contribution >= 4 is 46.6 Å². The lowest BCUT2D eigenvalue weighted by molar-refractivity contribution is 0.0695. The SMILES string of the molecule is Cl.O=C(O)c1cn2c3c(c(N4CCNCC4)cc(Cl)c3c1=O)CCC2. The highest BCUT2D eigenvalue weighted by Crippen LogP contribution is 2.36. The van der Waals surface area contributed by atoms with Gasteiger partial charge in [-0.15, -0.1) is 12.4 Å². The van der Waals surface area contributed by atoms with Crippen LogP contribution in [0.25, 0.3) is 10.9 Å². The van der Waals surface area contributed by atoms with Crippen molar-refractivity contribution in [3.8, 4) is 0 Å². The zero-order valence-electron chi connectivity index (χ0n) is 13.5. The first kappa shape index (κ1) is 18.0. The van der Waals surface area contributed by atoms with Crippen molar-refractivity contribution in [1.29, 1.82) is 0 Å². The summed E-state index contributed by atoms with van der Waals surface area (Å²) in [5, 5.41) is 13.3. The van der Waals surface area contributed by atoms with E-state index in [9.17, 15) is 14.7 Å².